The van der Waals surface area contributed by atoms with Crippen molar-refractivity contribution in [3.63, 3.8) is 0 Å². The van der Waals surface area contributed by atoms with Crippen LogP contribution in [0, 0.1) is 11.6 Å². The summed E-state index contributed by atoms with van der Waals surface area (Å²) < 4.78 is 92.9. The summed E-state index contributed by atoms with van der Waals surface area (Å²) in [4.78, 5) is 27.5. The molecular formula is C25H25F5N2O5S. The van der Waals surface area contributed by atoms with E-state index in [2.05, 4.69) is 0 Å². The largest absolute Gasteiger partial charge is 0.419 e. The number of alkyl halides is 3. The minimum Gasteiger partial charge on any atom is -0.393 e. The summed E-state index contributed by atoms with van der Waals surface area (Å²) in [6.07, 6.45) is -5.62. The number of nitrogens with two attached hydrogens (primary N) is 1. The summed E-state index contributed by atoms with van der Waals surface area (Å²) in [5.41, 5.74) is 0.259. The van der Waals surface area contributed by atoms with E-state index in [1.807, 2.05) is 0 Å². The molecule has 0 radical (unpaired) electrons. The third-order valence-corrected chi connectivity index (χ3v) is 8.63. The van der Waals surface area contributed by atoms with Crippen LogP contribution in [0.25, 0.3) is 0 Å². The monoisotopic (exact) mass is 560 g/mol. The van der Waals surface area contributed by atoms with Crippen molar-refractivity contribution in [3.05, 3.63) is 64.7 Å². The van der Waals surface area contributed by atoms with Gasteiger partial charge in [-0.1, -0.05) is 6.07 Å². The second kappa shape index (κ2) is 9.30. The van der Waals surface area contributed by atoms with E-state index in [1.54, 1.807) is 0 Å². The smallest absolute Gasteiger partial charge is 0.393 e. The summed E-state index contributed by atoms with van der Waals surface area (Å²) >= 11 is 0. The van der Waals surface area contributed by atoms with Crippen molar-refractivity contribution in [2.45, 2.75) is 60.2 Å². The molecule has 2 aromatic carbocycles. The Balaban J connectivity index is 1.78. The molecule has 0 spiro atoms. The van der Waals surface area contributed by atoms with Crippen LogP contribution in [0.1, 0.15) is 53.6 Å². The summed E-state index contributed by atoms with van der Waals surface area (Å²) in [7, 11) is -3.66. The lowest BCUT2D eigenvalue weighted by Crippen LogP contribution is -2.61. The van der Waals surface area contributed by atoms with Crippen LogP contribution >= 0.6 is 0 Å². The Hall–Kier alpha value is -3.06. The molecule has 4 rings (SSSR count). The number of hydrogen-bond donors (Lipinski definition) is 2. The van der Waals surface area contributed by atoms with Crippen molar-refractivity contribution < 1.29 is 45.1 Å². The molecule has 1 saturated carbocycles. The summed E-state index contributed by atoms with van der Waals surface area (Å²) in [6, 6.07) is 5.63. The second-order valence-electron chi connectivity index (χ2n) is 10.1. The quantitative estimate of drug-likeness (QED) is 0.526. The Morgan fingerprint density at radius 3 is 2.34 bits per heavy atom. The number of nitrogens with zero attached hydrogens (tertiary/aromatic N) is 1. The van der Waals surface area contributed by atoms with E-state index in [4.69, 9.17) is 5.73 Å². The number of amides is 2. The maximum atomic E-state index is 15.1. The molecular weight excluding hydrogens is 535 g/mol. The lowest BCUT2D eigenvalue weighted by atomic mass is 9.57. The highest BCUT2D eigenvalue weighted by Gasteiger charge is 2.58. The van der Waals surface area contributed by atoms with Crippen molar-refractivity contribution in [2.75, 3.05) is 12.8 Å². The minimum atomic E-state index is -5.14. The molecule has 38 heavy (non-hydrogen) atoms. The Labute approximate surface area is 215 Å². The van der Waals surface area contributed by atoms with Crippen LogP contribution in [0.3, 0.4) is 0 Å². The fraction of sp³-hybridized carbons (Fsp3) is 0.440. The molecule has 2 aromatic rings. The van der Waals surface area contributed by atoms with Crippen molar-refractivity contribution in [1.29, 1.82) is 0 Å². The first-order valence-corrected chi connectivity index (χ1v) is 13.6. The molecule has 0 bridgehead atoms. The van der Waals surface area contributed by atoms with Crippen molar-refractivity contribution in [3.8, 4) is 0 Å². The number of hydrogen-bond acceptors (Lipinski definition) is 5. The third kappa shape index (κ3) is 4.77. The molecule has 1 atom stereocenters. The van der Waals surface area contributed by atoms with Crippen LogP contribution in [0.5, 0.6) is 0 Å². The average Bonchev–Trinajstić information content (AvgIpc) is 3.22. The number of primary amides is 1. The predicted octanol–water partition coefficient (Wildman–Crippen LogP) is 3.33. The summed E-state index contributed by atoms with van der Waals surface area (Å²) in [5.74, 6) is -4.75. The van der Waals surface area contributed by atoms with E-state index >= 15 is 4.39 Å². The number of carbonyl (C=O) groups excluding carboxylic acids is 2. The SMILES string of the molecule is CS(=O)(=O)c1cccc(C(=O)N2CCCC2(CC2(c3cc(F)c(C(F)(F)F)cc3F)CC(O)C2)C(N)=O)c1. The average molecular weight is 561 g/mol. The number of carbonyl (C=O) groups is 2. The van der Waals surface area contributed by atoms with E-state index in [-0.39, 0.29) is 48.8 Å². The van der Waals surface area contributed by atoms with Gasteiger partial charge in [-0.05, 0) is 68.0 Å². The van der Waals surface area contributed by atoms with Crippen molar-refractivity contribution >= 4 is 21.7 Å². The van der Waals surface area contributed by atoms with Gasteiger partial charge in [-0.2, -0.15) is 13.2 Å². The minimum absolute atomic E-state index is 0.0302. The van der Waals surface area contributed by atoms with Gasteiger partial charge in [-0.3, -0.25) is 9.59 Å². The molecule has 7 nitrogen and oxygen atoms in total. The highest BCUT2D eigenvalue weighted by Crippen LogP contribution is 2.53. The van der Waals surface area contributed by atoms with Gasteiger partial charge in [0.25, 0.3) is 5.91 Å². The van der Waals surface area contributed by atoms with E-state index in [9.17, 15) is 40.7 Å². The van der Waals surface area contributed by atoms with E-state index in [0.29, 0.717) is 12.5 Å². The molecule has 2 fully saturated rings. The number of halogens is 5. The van der Waals surface area contributed by atoms with E-state index in [1.165, 1.54) is 18.2 Å². The molecule has 206 valence electrons. The van der Waals surface area contributed by atoms with Crippen LogP contribution in [0.2, 0.25) is 0 Å². The molecule has 1 heterocycles. The fourth-order valence-electron chi connectivity index (χ4n) is 5.75. The van der Waals surface area contributed by atoms with Gasteiger partial charge in [-0.15, -0.1) is 0 Å². The number of aliphatic hydroxyl groups is 1. The van der Waals surface area contributed by atoms with Crippen LogP contribution in [-0.2, 0) is 26.2 Å². The van der Waals surface area contributed by atoms with Crippen LogP contribution in [0.4, 0.5) is 22.0 Å². The first kappa shape index (κ1) is 28.0. The van der Waals surface area contributed by atoms with Gasteiger partial charge >= 0.3 is 6.18 Å². The van der Waals surface area contributed by atoms with Gasteiger partial charge in [0.15, 0.2) is 9.84 Å². The van der Waals surface area contributed by atoms with Crippen LogP contribution < -0.4 is 5.73 Å². The van der Waals surface area contributed by atoms with Crippen LogP contribution in [0.15, 0.2) is 41.3 Å². The normalized spacial score (nSPS) is 25.8. The molecule has 2 amide bonds. The Morgan fingerprint density at radius 2 is 1.79 bits per heavy atom. The molecule has 1 aliphatic carbocycles. The number of benzene rings is 2. The number of rotatable bonds is 6. The highest BCUT2D eigenvalue weighted by atomic mass is 32.2. The van der Waals surface area contributed by atoms with Gasteiger partial charge in [0, 0.05) is 23.8 Å². The van der Waals surface area contributed by atoms with Gasteiger partial charge in [-0.25, -0.2) is 17.2 Å². The van der Waals surface area contributed by atoms with Crippen LogP contribution in [-0.4, -0.2) is 54.7 Å². The van der Waals surface area contributed by atoms with E-state index in [0.717, 1.165) is 17.2 Å². The number of aliphatic hydroxyl groups excluding tert-OH is 1. The standard InChI is InChI=1S/C25H25F5N2O5S/c1-38(36,37)16-5-2-4-14(8-16)21(34)32-7-3-6-24(32,22(31)35)13-23(11-15(33)12-23)17-9-20(27)18(10-19(17)26)25(28,29)30/h2,4-5,8-10,15,33H,3,6-7,11-13H2,1H3,(H2,31,35). The first-order chi connectivity index (χ1) is 17.5. The molecule has 1 unspecified atom stereocenters. The Kier molecular flexibility index (Phi) is 6.84. The highest BCUT2D eigenvalue weighted by molar-refractivity contribution is 7.90. The molecule has 2 aliphatic rings. The number of sulfone groups is 1. The lowest BCUT2D eigenvalue weighted by molar-refractivity contribution is -0.140. The maximum Gasteiger partial charge on any atom is 0.419 e. The van der Waals surface area contributed by atoms with Crippen molar-refractivity contribution in [1.82, 2.24) is 4.90 Å². The van der Waals surface area contributed by atoms with Gasteiger partial charge < -0.3 is 15.7 Å². The van der Waals surface area contributed by atoms with Gasteiger partial charge in [0.05, 0.1) is 16.6 Å². The Morgan fingerprint density at radius 1 is 1.13 bits per heavy atom. The number of likely N-dealkylation sites (tertiary alicyclic amines) is 1. The topological polar surface area (TPSA) is 118 Å². The third-order valence-electron chi connectivity index (χ3n) is 7.52. The zero-order valence-electron chi connectivity index (χ0n) is 20.2. The zero-order valence-corrected chi connectivity index (χ0v) is 21.0. The first-order valence-electron chi connectivity index (χ1n) is 11.7. The predicted molar refractivity (Wildman–Crippen MR) is 125 cm³/mol. The second-order valence-corrected chi connectivity index (χ2v) is 12.1. The molecule has 1 aliphatic heterocycles. The summed E-state index contributed by atoms with van der Waals surface area (Å²) in [6.45, 7) is 0.0351. The van der Waals surface area contributed by atoms with Gasteiger partial charge in [0.1, 0.15) is 17.2 Å². The Bertz CT molecular complexity index is 1410. The lowest BCUT2D eigenvalue weighted by Gasteiger charge is -2.51. The molecule has 3 N–H and O–H groups in total. The maximum absolute atomic E-state index is 15.1. The molecule has 13 heteroatoms. The van der Waals surface area contributed by atoms with Gasteiger partial charge in [0.2, 0.25) is 5.91 Å². The fourth-order valence-corrected chi connectivity index (χ4v) is 6.42. The molecule has 0 aromatic heterocycles. The van der Waals surface area contributed by atoms with E-state index < -0.39 is 67.6 Å². The molecule has 1 saturated heterocycles. The van der Waals surface area contributed by atoms with Crippen molar-refractivity contribution in [2.24, 2.45) is 5.73 Å². The zero-order chi connectivity index (χ0) is 28.3. The summed E-state index contributed by atoms with van der Waals surface area (Å²) in [5, 5.41) is 10.1.